The largest absolute Gasteiger partial charge is 0.416 e. The number of aromatic amines is 1. The Hall–Kier alpha value is -2.56. The fourth-order valence-corrected chi connectivity index (χ4v) is 4.40. The van der Waals surface area contributed by atoms with Crippen molar-refractivity contribution in [3.63, 3.8) is 0 Å². The summed E-state index contributed by atoms with van der Waals surface area (Å²) in [7, 11) is 0. The number of halogens is 6. The number of nitrogens with one attached hydrogen (secondary N) is 2. The molecule has 1 atom stereocenters. The number of carbonyl (C=O) groups excluding carboxylic acids is 1. The van der Waals surface area contributed by atoms with Crippen LogP contribution in [0, 0.1) is 0 Å². The van der Waals surface area contributed by atoms with Gasteiger partial charge in [0.15, 0.2) is 5.69 Å². The molecule has 0 spiro atoms. The maximum Gasteiger partial charge on any atom is 0.416 e. The van der Waals surface area contributed by atoms with Crippen molar-refractivity contribution < 1.29 is 31.1 Å². The maximum absolute atomic E-state index is 13.2. The van der Waals surface area contributed by atoms with Gasteiger partial charge in [0.25, 0.3) is 5.91 Å². The third kappa shape index (κ3) is 4.62. The molecule has 4 rings (SSSR count). The van der Waals surface area contributed by atoms with Gasteiger partial charge < -0.3 is 10.2 Å². The van der Waals surface area contributed by atoms with Gasteiger partial charge in [0.1, 0.15) is 0 Å². The number of nitrogens with zero attached hydrogens (tertiary/aromatic N) is 2. The molecular weight excluding hydrogens is 438 g/mol. The Bertz CT molecular complexity index is 965. The molecule has 174 valence electrons. The summed E-state index contributed by atoms with van der Waals surface area (Å²) < 4.78 is 79.3. The topological polar surface area (TPSA) is 61.0 Å². The predicted octanol–water partition coefficient (Wildman–Crippen LogP) is 4.50. The van der Waals surface area contributed by atoms with Gasteiger partial charge in [-0.3, -0.25) is 9.89 Å². The zero-order chi connectivity index (χ0) is 23.1. The SMILES string of the molecule is O=C(c1n[nH]c2c1CNCC2)N1CCCC(c2cc(C(F)(F)F)cc(C(F)(F)F)c2)CC1. The highest BCUT2D eigenvalue weighted by Gasteiger charge is 2.38. The van der Waals surface area contributed by atoms with Crippen LogP contribution in [0.4, 0.5) is 26.3 Å². The Morgan fingerprint density at radius 2 is 1.69 bits per heavy atom. The number of aromatic nitrogens is 2. The molecule has 5 nitrogen and oxygen atoms in total. The average Bonchev–Trinajstić information content (AvgIpc) is 3.00. The van der Waals surface area contributed by atoms with Crippen molar-refractivity contribution in [2.24, 2.45) is 0 Å². The van der Waals surface area contributed by atoms with E-state index in [1.54, 1.807) is 4.90 Å². The molecule has 1 aromatic carbocycles. The lowest BCUT2D eigenvalue weighted by atomic mass is 9.89. The van der Waals surface area contributed by atoms with Crippen LogP contribution in [0.15, 0.2) is 18.2 Å². The average molecular weight is 460 g/mol. The number of benzene rings is 1. The van der Waals surface area contributed by atoms with E-state index in [4.69, 9.17) is 0 Å². The molecule has 2 aliphatic rings. The number of H-pyrrole nitrogens is 1. The minimum Gasteiger partial charge on any atom is -0.337 e. The van der Waals surface area contributed by atoms with E-state index in [0.717, 1.165) is 36.4 Å². The van der Waals surface area contributed by atoms with Crippen LogP contribution in [0.3, 0.4) is 0 Å². The van der Waals surface area contributed by atoms with E-state index in [1.165, 1.54) is 0 Å². The normalized spacial score (nSPS) is 20.1. The van der Waals surface area contributed by atoms with Crippen molar-refractivity contribution in [3.05, 3.63) is 51.8 Å². The number of amides is 1. The first-order valence-corrected chi connectivity index (χ1v) is 10.4. The Labute approximate surface area is 180 Å². The van der Waals surface area contributed by atoms with Gasteiger partial charge in [-0.15, -0.1) is 0 Å². The van der Waals surface area contributed by atoms with E-state index in [0.29, 0.717) is 31.6 Å². The number of alkyl halides is 6. The minimum absolute atomic E-state index is 0.00259. The second kappa shape index (κ2) is 8.42. The van der Waals surface area contributed by atoms with Crippen LogP contribution in [0.2, 0.25) is 0 Å². The van der Waals surface area contributed by atoms with Gasteiger partial charge in [-0.1, -0.05) is 0 Å². The molecule has 11 heteroatoms. The first-order chi connectivity index (χ1) is 15.0. The van der Waals surface area contributed by atoms with Crippen molar-refractivity contribution in [1.82, 2.24) is 20.4 Å². The van der Waals surface area contributed by atoms with Crippen LogP contribution in [-0.2, 0) is 25.3 Å². The highest BCUT2D eigenvalue weighted by molar-refractivity contribution is 5.94. The van der Waals surface area contributed by atoms with E-state index in [-0.39, 0.29) is 30.5 Å². The predicted molar refractivity (Wildman–Crippen MR) is 103 cm³/mol. The molecule has 2 N–H and O–H groups in total. The van der Waals surface area contributed by atoms with Crippen LogP contribution in [-0.4, -0.2) is 40.6 Å². The summed E-state index contributed by atoms with van der Waals surface area (Å²) in [5, 5.41) is 10.2. The zero-order valence-electron chi connectivity index (χ0n) is 17.0. The van der Waals surface area contributed by atoms with Crippen molar-refractivity contribution >= 4 is 5.91 Å². The monoisotopic (exact) mass is 460 g/mol. The molecule has 0 saturated carbocycles. The van der Waals surface area contributed by atoms with Gasteiger partial charge in [-0.05, 0) is 48.9 Å². The highest BCUT2D eigenvalue weighted by Crippen LogP contribution is 2.39. The van der Waals surface area contributed by atoms with E-state index >= 15 is 0 Å². The second-order valence-electron chi connectivity index (χ2n) is 8.22. The Kier molecular flexibility index (Phi) is 5.95. The maximum atomic E-state index is 13.2. The molecule has 0 radical (unpaired) electrons. The summed E-state index contributed by atoms with van der Waals surface area (Å²) in [6, 6.07) is 1.74. The Morgan fingerprint density at radius 1 is 1.00 bits per heavy atom. The zero-order valence-corrected chi connectivity index (χ0v) is 17.0. The van der Waals surface area contributed by atoms with Crippen molar-refractivity contribution in [2.75, 3.05) is 19.6 Å². The van der Waals surface area contributed by atoms with E-state index < -0.39 is 29.4 Å². The minimum atomic E-state index is -4.88. The molecule has 1 aromatic heterocycles. The van der Waals surface area contributed by atoms with Gasteiger partial charge in [0.05, 0.1) is 11.1 Å². The molecule has 2 aromatic rings. The summed E-state index contributed by atoms with van der Waals surface area (Å²) in [6.45, 7) is 1.91. The number of likely N-dealkylation sites (tertiary alicyclic amines) is 1. The molecule has 0 bridgehead atoms. The summed E-state index contributed by atoms with van der Waals surface area (Å²) in [4.78, 5) is 14.6. The molecule has 2 aliphatic heterocycles. The summed E-state index contributed by atoms with van der Waals surface area (Å²) in [5.74, 6) is -0.780. The van der Waals surface area contributed by atoms with Crippen molar-refractivity contribution in [3.8, 4) is 0 Å². The standard InChI is InChI=1S/C21H22F6N4O/c22-20(23,24)14-8-13(9-15(10-14)21(25,26)27)12-2-1-6-31(7-4-12)19(32)18-16-11-28-5-3-17(16)29-30-18/h8-10,12,28H,1-7,11H2,(H,29,30). The first-order valence-electron chi connectivity index (χ1n) is 10.4. The number of hydrogen-bond acceptors (Lipinski definition) is 3. The van der Waals surface area contributed by atoms with E-state index in [9.17, 15) is 31.1 Å². The van der Waals surface area contributed by atoms with Crippen molar-refractivity contribution in [1.29, 1.82) is 0 Å². The number of carbonyl (C=O) groups is 1. The highest BCUT2D eigenvalue weighted by atomic mass is 19.4. The lowest BCUT2D eigenvalue weighted by Crippen LogP contribution is -2.34. The smallest absolute Gasteiger partial charge is 0.337 e. The third-order valence-corrected chi connectivity index (χ3v) is 6.11. The number of rotatable bonds is 2. The van der Waals surface area contributed by atoms with Gasteiger partial charge in [0.2, 0.25) is 0 Å². The van der Waals surface area contributed by atoms with Crippen molar-refractivity contribution in [2.45, 2.75) is 50.5 Å². The van der Waals surface area contributed by atoms with Crippen LogP contribution >= 0.6 is 0 Å². The van der Waals surface area contributed by atoms with Gasteiger partial charge in [0, 0.05) is 43.9 Å². The molecule has 1 unspecified atom stereocenters. The molecular formula is C21H22F6N4O. The fraction of sp³-hybridized carbons (Fsp3) is 0.524. The number of hydrogen-bond donors (Lipinski definition) is 2. The van der Waals surface area contributed by atoms with Gasteiger partial charge in [-0.25, -0.2) is 0 Å². The number of fused-ring (bicyclic) bond motifs is 1. The van der Waals surface area contributed by atoms with Crippen LogP contribution in [0.1, 0.15) is 63.6 Å². The van der Waals surface area contributed by atoms with Gasteiger partial charge >= 0.3 is 12.4 Å². The van der Waals surface area contributed by atoms with Crippen LogP contribution in [0.5, 0.6) is 0 Å². The molecule has 0 aliphatic carbocycles. The Balaban J connectivity index is 1.54. The summed E-state index contributed by atoms with van der Waals surface area (Å²) in [5.41, 5.74) is -0.574. The summed E-state index contributed by atoms with van der Waals surface area (Å²) in [6.07, 6.45) is -7.89. The fourth-order valence-electron chi connectivity index (χ4n) is 4.40. The lowest BCUT2D eigenvalue weighted by molar-refractivity contribution is -0.143. The third-order valence-electron chi connectivity index (χ3n) is 6.11. The van der Waals surface area contributed by atoms with E-state index in [1.807, 2.05) is 0 Å². The second-order valence-corrected chi connectivity index (χ2v) is 8.22. The quantitative estimate of drug-likeness (QED) is 0.649. The van der Waals surface area contributed by atoms with Crippen LogP contribution in [0.25, 0.3) is 0 Å². The molecule has 3 heterocycles. The first kappa shape index (κ1) is 22.6. The molecule has 1 amide bonds. The van der Waals surface area contributed by atoms with E-state index in [2.05, 4.69) is 15.5 Å². The van der Waals surface area contributed by atoms with Crippen LogP contribution < -0.4 is 5.32 Å². The Morgan fingerprint density at radius 3 is 2.34 bits per heavy atom. The summed E-state index contributed by atoms with van der Waals surface area (Å²) >= 11 is 0. The molecule has 1 fully saturated rings. The molecule has 32 heavy (non-hydrogen) atoms. The van der Waals surface area contributed by atoms with Gasteiger partial charge in [-0.2, -0.15) is 31.4 Å². The lowest BCUT2D eigenvalue weighted by Gasteiger charge is -2.22. The molecule has 1 saturated heterocycles.